The highest BCUT2D eigenvalue weighted by Crippen LogP contribution is 2.27. The van der Waals surface area contributed by atoms with Crippen molar-refractivity contribution >= 4 is 68.0 Å². The number of aromatic nitrogens is 2. The summed E-state index contributed by atoms with van der Waals surface area (Å²) in [6.07, 6.45) is 5.39. The Morgan fingerprint density at radius 2 is 1.00 bits per heavy atom. The van der Waals surface area contributed by atoms with Crippen molar-refractivity contribution in [3.63, 3.8) is 0 Å². The molecule has 192 valence electrons. The van der Waals surface area contributed by atoms with E-state index in [9.17, 15) is 9.59 Å². The van der Waals surface area contributed by atoms with Crippen LogP contribution in [0.15, 0.2) is 59.3 Å². The molecule has 4 rings (SSSR count). The maximum absolute atomic E-state index is 12.2. The van der Waals surface area contributed by atoms with Crippen LogP contribution in [0.3, 0.4) is 0 Å². The first-order valence-corrected chi connectivity index (χ1v) is 14.5. The molecule has 0 atom stereocenters. The molecule has 2 N–H and O–H groups in total. The standard InChI is InChI=1S/C27H26Cl2N4O2S2/c28-20-12-8-18(9-13-20)22-16-36-26(30-22)32-24(34)6-4-2-1-3-5-7-25(35)33-27-31-23(17-37-27)19-10-14-21(29)15-11-19/h8-17H,1-7H2,(H,30,32,34)(H,31,33,35). The molecule has 10 heteroatoms. The highest BCUT2D eigenvalue weighted by atomic mass is 35.5. The monoisotopic (exact) mass is 572 g/mol. The van der Waals surface area contributed by atoms with Crippen molar-refractivity contribution in [3.8, 4) is 22.5 Å². The van der Waals surface area contributed by atoms with Gasteiger partial charge in [-0.15, -0.1) is 22.7 Å². The molecule has 2 heterocycles. The number of carbonyl (C=O) groups excluding carboxylic acids is 2. The summed E-state index contributed by atoms with van der Waals surface area (Å²) in [6, 6.07) is 14.9. The number of halogens is 2. The number of hydrogen-bond acceptors (Lipinski definition) is 6. The van der Waals surface area contributed by atoms with Crippen molar-refractivity contribution in [1.29, 1.82) is 0 Å². The lowest BCUT2D eigenvalue weighted by Crippen LogP contribution is -2.11. The zero-order valence-corrected chi connectivity index (χ0v) is 23.2. The molecule has 0 radical (unpaired) electrons. The number of rotatable bonds is 12. The largest absolute Gasteiger partial charge is 0.302 e. The molecule has 4 aromatic rings. The average molecular weight is 574 g/mol. The van der Waals surface area contributed by atoms with E-state index >= 15 is 0 Å². The van der Waals surface area contributed by atoms with Crippen molar-refractivity contribution in [1.82, 2.24) is 9.97 Å². The average Bonchev–Trinajstić information content (AvgIpc) is 3.54. The Bertz CT molecular complexity index is 1220. The quantitative estimate of drug-likeness (QED) is 0.166. The van der Waals surface area contributed by atoms with Gasteiger partial charge in [0.25, 0.3) is 0 Å². The van der Waals surface area contributed by atoms with E-state index < -0.39 is 0 Å². The van der Waals surface area contributed by atoms with E-state index in [2.05, 4.69) is 20.6 Å². The smallest absolute Gasteiger partial charge is 0.226 e. The van der Waals surface area contributed by atoms with E-state index in [-0.39, 0.29) is 11.8 Å². The number of anilines is 2. The third kappa shape index (κ3) is 8.64. The van der Waals surface area contributed by atoms with Crippen LogP contribution in [0.1, 0.15) is 44.9 Å². The fourth-order valence-corrected chi connectivity index (χ4v) is 5.36. The minimum atomic E-state index is -0.0298. The number of nitrogens with zero attached hydrogens (tertiary/aromatic N) is 2. The first-order chi connectivity index (χ1) is 18.0. The van der Waals surface area contributed by atoms with E-state index in [4.69, 9.17) is 23.2 Å². The SMILES string of the molecule is O=C(CCCCCCCC(=O)Nc1nc(-c2ccc(Cl)cc2)cs1)Nc1nc(-c2ccc(Cl)cc2)cs1. The number of thiazole rings is 2. The predicted octanol–water partition coefficient (Wildman–Crippen LogP) is 8.55. The Hall–Kier alpha value is -2.78. The summed E-state index contributed by atoms with van der Waals surface area (Å²) in [6.45, 7) is 0. The number of amides is 2. The van der Waals surface area contributed by atoms with Crippen LogP contribution in [0, 0.1) is 0 Å². The first kappa shape index (κ1) is 27.3. The molecule has 2 amide bonds. The summed E-state index contributed by atoms with van der Waals surface area (Å²) in [7, 11) is 0. The molecule has 0 aliphatic carbocycles. The van der Waals surface area contributed by atoms with Crippen LogP contribution in [-0.2, 0) is 9.59 Å². The van der Waals surface area contributed by atoms with E-state index in [0.717, 1.165) is 54.6 Å². The predicted molar refractivity (Wildman–Crippen MR) is 155 cm³/mol. The maximum atomic E-state index is 12.2. The molecule has 0 saturated heterocycles. The van der Waals surface area contributed by atoms with E-state index in [1.165, 1.54) is 22.7 Å². The van der Waals surface area contributed by atoms with Crippen molar-refractivity contribution < 1.29 is 9.59 Å². The second-order valence-corrected chi connectivity index (χ2v) is 11.0. The second-order valence-electron chi connectivity index (χ2n) is 8.45. The third-order valence-corrected chi connectivity index (χ3v) is 7.61. The summed E-state index contributed by atoms with van der Waals surface area (Å²) in [5, 5.41) is 12.1. The molecule has 37 heavy (non-hydrogen) atoms. The Morgan fingerprint density at radius 3 is 1.41 bits per heavy atom. The van der Waals surface area contributed by atoms with Gasteiger partial charge >= 0.3 is 0 Å². The lowest BCUT2D eigenvalue weighted by molar-refractivity contribution is -0.117. The molecule has 0 bridgehead atoms. The molecule has 6 nitrogen and oxygen atoms in total. The van der Waals surface area contributed by atoms with Crippen LogP contribution >= 0.6 is 45.9 Å². The molecule has 0 aliphatic rings. The topological polar surface area (TPSA) is 84.0 Å². The molecule has 0 unspecified atom stereocenters. The zero-order valence-electron chi connectivity index (χ0n) is 20.0. The minimum absolute atomic E-state index is 0.0298. The maximum Gasteiger partial charge on any atom is 0.226 e. The van der Waals surface area contributed by atoms with Gasteiger partial charge in [0.2, 0.25) is 11.8 Å². The molecule has 2 aromatic heterocycles. The Kier molecular flexibility index (Phi) is 10.1. The van der Waals surface area contributed by atoms with Gasteiger partial charge in [0.05, 0.1) is 11.4 Å². The number of benzene rings is 2. The van der Waals surface area contributed by atoms with Gasteiger partial charge in [-0.3, -0.25) is 9.59 Å². The lowest BCUT2D eigenvalue weighted by atomic mass is 10.1. The van der Waals surface area contributed by atoms with Gasteiger partial charge in [-0.2, -0.15) is 0 Å². The number of carbonyl (C=O) groups is 2. The van der Waals surface area contributed by atoms with Crippen LogP contribution in [0.2, 0.25) is 10.0 Å². The molecular formula is C27H26Cl2N4O2S2. The molecular weight excluding hydrogens is 547 g/mol. The zero-order chi connectivity index (χ0) is 26.0. The van der Waals surface area contributed by atoms with Gasteiger partial charge in [0.1, 0.15) is 0 Å². The Balaban J connectivity index is 1.07. The van der Waals surface area contributed by atoms with Crippen molar-refractivity contribution in [2.45, 2.75) is 44.9 Å². The molecule has 0 fully saturated rings. The van der Waals surface area contributed by atoms with E-state index in [1.54, 1.807) is 0 Å². The Morgan fingerprint density at radius 1 is 0.622 bits per heavy atom. The van der Waals surface area contributed by atoms with Crippen LogP contribution < -0.4 is 10.6 Å². The fraction of sp³-hybridized carbons (Fsp3) is 0.259. The molecule has 0 saturated carbocycles. The fourth-order valence-electron chi connectivity index (χ4n) is 3.63. The number of hydrogen-bond donors (Lipinski definition) is 2. The van der Waals surface area contributed by atoms with Gasteiger partial charge in [-0.25, -0.2) is 9.97 Å². The summed E-state index contributed by atoms with van der Waals surface area (Å²) in [5.74, 6) is -0.0596. The highest BCUT2D eigenvalue weighted by molar-refractivity contribution is 7.14. The summed E-state index contributed by atoms with van der Waals surface area (Å²) in [5.41, 5.74) is 3.56. The molecule has 2 aromatic carbocycles. The molecule has 0 aliphatic heterocycles. The van der Waals surface area contributed by atoms with Crippen LogP contribution in [0.5, 0.6) is 0 Å². The number of unbranched alkanes of at least 4 members (excludes halogenated alkanes) is 4. The lowest BCUT2D eigenvalue weighted by Gasteiger charge is -2.04. The number of nitrogens with one attached hydrogen (secondary N) is 2. The summed E-state index contributed by atoms with van der Waals surface area (Å²) in [4.78, 5) is 33.4. The van der Waals surface area contributed by atoms with Crippen LogP contribution in [0.25, 0.3) is 22.5 Å². The van der Waals surface area contributed by atoms with Crippen LogP contribution in [-0.4, -0.2) is 21.8 Å². The Labute approximate surface area is 234 Å². The van der Waals surface area contributed by atoms with E-state index in [0.29, 0.717) is 33.2 Å². The van der Waals surface area contributed by atoms with Gasteiger partial charge in [0.15, 0.2) is 10.3 Å². The van der Waals surface area contributed by atoms with Gasteiger partial charge in [0, 0.05) is 44.8 Å². The van der Waals surface area contributed by atoms with Crippen molar-refractivity contribution in [2.24, 2.45) is 0 Å². The molecule has 0 spiro atoms. The summed E-state index contributed by atoms with van der Waals surface area (Å²) >= 11 is 14.7. The van der Waals surface area contributed by atoms with Crippen molar-refractivity contribution in [2.75, 3.05) is 10.6 Å². The van der Waals surface area contributed by atoms with Gasteiger partial charge in [-0.05, 0) is 37.1 Å². The highest BCUT2D eigenvalue weighted by Gasteiger charge is 2.10. The first-order valence-electron chi connectivity index (χ1n) is 12.0. The van der Waals surface area contributed by atoms with Gasteiger partial charge in [-0.1, -0.05) is 66.7 Å². The van der Waals surface area contributed by atoms with E-state index in [1.807, 2.05) is 59.3 Å². The van der Waals surface area contributed by atoms with Crippen LogP contribution in [0.4, 0.5) is 10.3 Å². The van der Waals surface area contributed by atoms with Crippen molar-refractivity contribution in [3.05, 3.63) is 69.3 Å². The van der Waals surface area contributed by atoms with Gasteiger partial charge < -0.3 is 10.6 Å². The third-order valence-electron chi connectivity index (χ3n) is 5.59. The second kappa shape index (κ2) is 13.7. The summed E-state index contributed by atoms with van der Waals surface area (Å²) < 4.78 is 0. The normalized spacial score (nSPS) is 10.9. The minimum Gasteiger partial charge on any atom is -0.302 e.